The summed E-state index contributed by atoms with van der Waals surface area (Å²) in [5.74, 6) is 0.659. The van der Waals surface area contributed by atoms with Crippen LogP contribution in [0.4, 0.5) is 0 Å². The lowest BCUT2D eigenvalue weighted by molar-refractivity contribution is 0.264. The zero-order chi connectivity index (χ0) is 10.1. The maximum absolute atomic E-state index is 6.15. The third kappa shape index (κ3) is 1.97. The van der Waals surface area contributed by atoms with Crippen LogP contribution in [0, 0.1) is 5.92 Å². The predicted molar refractivity (Wildman–Crippen MR) is 63.4 cm³/mol. The second-order valence-corrected chi connectivity index (χ2v) is 5.15. The lowest BCUT2D eigenvalue weighted by Gasteiger charge is -2.31. The molecule has 1 aliphatic rings. The molecule has 0 spiro atoms. The summed E-state index contributed by atoms with van der Waals surface area (Å²) in [5, 5.41) is 0.747. The van der Waals surface area contributed by atoms with Gasteiger partial charge in [0.1, 0.15) is 0 Å². The van der Waals surface area contributed by atoms with Crippen LogP contribution < -0.4 is 5.73 Å². The second-order valence-electron chi connectivity index (χ2n) is 3.89. The molecule has 1 fully saturated rings. The molecule has 0 aliphatic heterocycles. The summed E-state index contributed by atoms with van der Waals surface area (Å²) in [6.07, 6.45) is 3.84. The van der Waals surface area contributed by atoms with Gasteiger partial charge in [-0.25, -0.2) is 0 Å². The summed E-state index contributed by atoms with van der Waals surface area (Å²) in [6.45, 7) is 0. The number of nitrogens with two attached hydrogens (primary N) is 1. The van der Waals surface area contributed by atoms with Gasteiger partial charge in [-0.3, -0.25) is 0 Å². The van der Waals surface area contributed by atoms with Crippen molar-refractivity contribution >= 4 is 27.5 Å². The Morgan fingerprint density at radius 1 is 1.43 bits per heavy atom. The number of hydrogen-bond acceptors (Lipinski definition) is 1. The molecule has 1 unspecified atom stereocenters. The van der Waals surface area contributed by atoms with Gasteiger partial charge < -0.3 is 5.73 Å². The summed E-state index contributed by atoms with van der Waals surface area (Å²) in [6, 6.07) is 6.15. The smallest absolute Gasteiger partial charge is 0.0551 e. The molecular formula is C11H13BrClN. The number of hydrogen-bond donors (Lipinski definition) is 1. The van der Waals surface area contributed by atoms with Crippen LogP contribution >= 0.6 is 27.5 Å². The first-order valence-corrected chi connectivity index (χ1v) is 6.06. The maximum Gasteiger partial charge on any atom is 0.0551 e. The van der Waals surface area contributed by atoms with Crippen LogP contribution in [0.25, 0.3) is 0 Å². The Balaban J connectivity index is 2.18. The Kier molecular flexibility index (Phi) is 3.15. The van der Waals surface area contributed by atoms with E-state index in [2.05, 4.69) is 22.0 Å². The molecule has 14 heavy (non-hydrogen) atoms. The monoisotopic (exact) mass is 273 g/mol. The SMILES string of the molecule is NC(c1ccc(Br)c(Cl)c1)C1CCC1. The van der Waals surface area contributed by atoms with E-state index < -0.39 is 0 Å². The van der Waals surface area contributed by atoms with Gasteiger partial charge in [-0.15, -0.1) is 0 Å². The third-order valence-electron chi connectivity index (χ3n) is 2.99. The molecule has 1 aromatic rings. The average molecular weight is 275 g/mol. The van der Waals surface area contributed by atoms with Gasteiger partial charge in [0.2, 0.25) is 0 Å². The van der Waals surface area contributed by atoms with Crippen LogP contribution in [0.3, 0.4) is 0 Å². The molecule has 1 aliphatic carbocycles. The standard InChI is InChI=1S/C11H13BrClN/c12-9-5-4-8(6-10(9)13)11(14)7-2-1-3-7/h4-7,11H,1-3,14H2. The summed E-state index contributed by atoms with van der Waals surface area (Å²) in [7, 11) is 0. The molecular weight excluding hydrogens is 261 g/mol. The summed E-state index contributed by atoms with van der Waals surface area (Å²) >= 11 is 9.40. The van der Waals surface area contributed by atoms with Crippen LogP contribution in [0.5, 0.6) is 0 Å². The number of halogens is 2. The Hall–Kier alpha value is -0.0500. The first-order chi connectivity index (χ1) is 6.68. The van der Waals surface area contributed by atoms with Crippen molar-refractivity contribution in [3.63, 3.8) is 0 Å². The van der Waals surface area contributed by atoms with E-state index in [1.165, 1.54) is 19.3 Å². The highest BCUT2D eigenvalue weighted by atomic mass is 79.9. The van der Waals surface area contributed by atoms with Gasteiger partial charge in [-0.05, 0) is 52.4 Å². The van der Waals surface area contributed by atoms with E-state index in [0.29, 0.717) is 5.92 Å². The first kappa shape index (κ1) is 10.5. The molecule has 0 saturated heterocycles. The quantitative estimate of drug-likeness (QED) is 0.869. The highest BCUT2D eigenvalue weighted by Gasteiger charge is 2.25. The average Bonchev–Trinajstić information content (AvgIpc) is 2.06. The van der Waals surface area contributed by atoms with E-state index in [1.54, 1.807) is 0 Å². The molecule has 0 aromatic heterocycles. The summed E-state index contributed by atoms with van der Waals surface area (Å²) < 4.78 is 0.934. The van der Waals surface area contributed by atoms with Gasteiger partial charge in [0.15, 0.2) is 0 Å². The first-order valence-electron chi connectivity index (χ1n) is 4.89. The number of rotatable bonds is 2. The van der Waals surface area contributed by atoms with E-state index in [4.69, 9.17) is 17.3 Å². The molecule has 0 heterocycles. The topological polar surface area (TPSA) is 26.0 Å². The van der Waals surface area contributed by atoms with E-state index in [-0.39, 0.29) is 6.04 Å². The Morgan fingerprint density at radius 2 is 2.14 bits per heavy atom. The predicted octanol–water partition coefficient (Wildman–Crippen LogP) is 3.90. The van der Waals surface area contributed by atoms with Crippen molar-refractivity contribution in [3.8, 4) is 0 Å². The molecule has 76 valence electrons. The molecule has 3 heteroatoms. The van der Waals surface area contributed by atoms with Crippen molar-refractivity contribution in [2.45, 2.75) is 25.3 Å². The van der Waals surface area contributed by atoms with Gasteiger partial charge in [-0.2, -0.15) is 0 Å². The zero-order valence-electron chi connectivity index (χ0n) is 7.84. The van der Waals surface area contributed by atoms with Crippen LogP contribution in [-0.2, 0) is 0 Å². The van der Waals surface area contributed by atoms with Crippen LogP contribution in [0.1, 0.15) is 30.9 Å². The fourth-order valence-corrected chi connectivity index (χ4v) is 2.23. The van der Waals surface area contributed by atoms with E-state index in [0.717, 1.165) is 15.1 Å². The van der Waals surface area contributed by atoms with Crippen LogP contribution in [-0.4, -0.2) is 0 Å². The van der Waals surface area contributed by atoms with Crippen molar-refractivity contribution in [2.24, 2.45) is 11.7 Å². The largest absolute Gasteiger partial charge is 0.324 e. The Morgan fingerprint density at radius 3 is 2.64 bits per heavy atom. The summed E-state index contributed by atoms with van der Waals surface area (Å²) in [5.41, 5.74) is 7.30. The van der Waals surface area contributed by atoms with Crippen molar-refractivity contribution < 1.29 is 0 Å². The highest BCUT2D eigenvalue weighted by Crippen LogP contribution is 2.37. The Labute approximate surface area is 97.8 Å². The van der Waals surface area contributed by atoms with Crippen molar-refractivity contribution in [1.29, 1.82) is 0 Å². The normalized spacial score (nSPS) is 19.1. The third-order valence-corrected chi connectivity index (χ3v) is 4.22. The van der Waals surface area contributed by atoms with Gasteiger partial charge in [0.05, 0.1) is 5.02 Å². The minimum atomic E-state index is 0.161. The second kappa shape index (κ2) is 4.21. The molecule has 1 atom stereocenters. The van der Waals surface area contributed by atoms with Crippen molar-refractivity contribution in [1.82, 2.24) is 0 Å². The van der Waals surface area contributed by atoms with E-state index in [1.807, 2.05) is 12.1 Å². The van der Waals surface area contributed by atoms with Crippen molar-refractivity contribution in [3.05, 3.63) is 33.3 Å². The van der Waals surface area contributed by atoms with Gasteiger partial charge in [0.25, 0.3) is 0 Å². The molecule has 0 radical (unpaired) electrons. The van der Waals surface area contributed by atoms with Gasteiger partial charge in [-0.1, -0.05) is 24.1 Å². The molecule has 1 nitrogen and oxygen atoms in total. The maximum atomic E-state index is 6.15. The van der Waals surface area contributed by atoms with E-state index >= 15 is 0 Å². The zero-order valence-corrected chi connectivity index (χ0v) is 10.2. The van der Waals surface area contributed by atoms with Crippen molar-refractivity contribution in [2.75, 3.05) is 0 Å². The lowest BCUT2D eigenvalue weighted by Crippen LogP contribution is -2.26. The molecule has 2 N–H and O–H groups in total. The van der Waals surface area contributed by atoms with Crippen LogP contribution in [0.15, 0.2) is 22.7 Å². The van der Waals surface area contributed by atoms with E-state index in [9.17, 15) is 0 Å². The van der Waals surface area contributed by atoms with Crippen LogP contribution in [0.2, 0.25) is 5.02 Å². The molecule has 0 bridgehead atoms. The minimum absolute atomic E-state index is 0.161. The fraction of sp³-hybridized carbons (Fsp3) is 0.455. The van der Waals surface area contributed by atoms with Gasteiger partial charge >= 0.3 is 0 Å². The Bertz CT molecular complexity index is 336. The summed E-state index contributed by atoms with van der Waals surface area (Å²) in [4.78, 5) is 0. The fourth-order valence-electron chi connectivity index (χ4n) is 1.79. The minimum Gasteiger partial charge on any atom is -0.324 e. The molecule has 1 aromatic carbocycles. The lowest BCUT2D eigenvalue weighted by atomic mass is 9.78. The molecule has 1 saturated carbocycles. The molecule has 2 rings (SSSR count). The van der Waals surface area contributed by atoms with Gasteiger partial charge in [0, 0.05) is 10.5 Å². The number of benzene rings is 1. The highest BCUT2D eigenvalue weighted by molar-refractivity contribution is 9.10. The molecule has 0 amide bonds.